The second-order valence-electron chi connectivity index (χ2n) is 4.31. The molecule has 3 heterocycles. The first-order valence-corrected chi connectivity index (χ1v) is 6.75. The minimum Gasteiger partial charge on any atom is -0.383 e. The van der Waals surface area contributed by atoms with Crippen molar-refractivity contribution in [3.8, 4) is 11.1 Å². The highest BCUT2D eigenvalue weighted by Gasteiger charge is 2.25. The van der Waals surface area contributed by atoms with E-state index in [4.69, 9.17) is 4.52 Å². The fraction of sp³-hybridized carbons (Fsp3) is 0.417. The van der Waals surface area contributed by atoms with Gasteiger partial charge in [-0.15, -0.1) is 0 Å². The first-order chi connectivity index (χ1) is 8.36. The lowest BCUT2D eigenvalue weighted by atomic mass is 9.92. The normalized spacial score (nSPS) is 17.4. The molecule has 90 valence electrons. The van der Waals surface area contributed by atoms with Gasteiger partial charge in [-0.05, 0) is 42.8 Å². The number of aromatic nitrogens is 1. The van der Waals surface area contributed by atoms with Gasteiger partial charge in [0.2, 0.25) is 0 Å². The number of hydrogen-bond acceptors (Lipinski definition) is 4. The van der Waals surface area contributed by atoms with Crippen LogP contribution in [0.2, 0.25) is 0 Å². The van der Waals surface area contributed by atoms with E-state index in [1.807, 2.05) is 16.8 Å². The zero-order valence-electron chi connectivity index (χ0n) is 9.36. The highest BCUT2D eigenvalue weighted by molar-refractivity contribution is 7.08. The van der Waals surface area contributed by atoms with E-state index >= 15 is 0 Å². The van der Waals surface area contributed by atoms with Crippen LogP contribution >= 0.6 is 11.3 Å². The SMILES string of the molecule is O=c1[nH]oc(C2CCNCC2)c1-c1ccsc1. The summed E-state index contributed by atoms with van der Waals surface area (Å²) in [4.78, 5) is 11.8. The number of rotatable bonds is 2. The zero-order chi connectivity index (χ0) is 11.7. The number of nitrogens with one attached hydrogen (secondary N) is 2. The van der Waals surface area contributed by atoms with Crippen molar-refractivity contribution in [3.05, 3.63) is 32.9 Å². The van der Waals surface area contributed by atoms with E-state index in [1.165, 1.54) is 0 Å². The van der Waals surface area contributed by atoms with Gasteiger partial charge in [-0.2, -0.15) is 16.5 Å². The maximum Gasteiger partial charge on any atom is 0.288 e. The Labute approximate surface area is 103 Å². The van der Waals surface area contributed by atoms with Crippen LogP contribution in [0, 0.1) is 0 Å². The maximum absolute atomic E-state index is 11.8. The molecule has 0 spiro atoms. The van der Waals surface area contributed by atoms with E-state index in [0.717, 1.165) is 42.8 Å². The molecule has 1 fully saturated rings. The third kappa shape index (κ3) is 1.96. The average Bonchev–Trinajstić information content (AvgIpc) is 2.99. The molecule has 0 saturated carbocycles. The lowest BCUT2D eigenvalue weighted by Gasteiger charge is -2.20. The van der Waals surface area contributed by atoms with Gasteiger partial charge in [0.15, 0.2) is 0 Å². The second-order valence-corrected chi connectivity index (χ2v) is 5.09. The van der Waals surface area contributed by atoms with Gasteiger partial charge in [0, 0.05) is 11.5 Å². The van der Waals surface area contributed by atoms with Crippen LogP contribution in [0.4, 0.5) is 0 Å². The van der Waals surface area contributed by atoms with Crippen molar-refractivity contribution in [2.75, 3.05) is 13.1 Å². The van der Waals surface area contributed by atoms with Gasteiger partial charge in [0.1, 0.15) is 5.76 Å². The van der Waals surface area contributed by atoms with Gasteiger partial charge in [-0.1, -0.05) is 0 Å². The van der Waals surface area contributed by atoms with Gasteiger partial charge in [0.05, 0.1) is 5.56 Å². The van der Waals surface area contributed by atoms with Gasteiger partial charge in [0.25, 0.3) is 5.56 Å². The molecule has 0 atom stereocenters. The molecule has 2 N–H and O–H groups in total. The van der Waals surface area contributed by atoms with E-state index in [2.05, 4.69) is 10.5 Å². The summed E-state index contributed by atoms with van der Waals surface area (Å²) in [5.74, 6) is 1.18. The topological polar surface area (TPSA) is 58.0 Å². The molecule has 0 radical (unpaired) electrons. The molecule has 1 aliphatic rings. The van der Waals surface area contributed by atoms with E-state index in [-0.39, 0.29) is 5.56 Å². The number of H-pyrrole nitrogens is 1. The van der Waals surface area contributed by atoms with Crippen molar-refractivity contribution in [2.24, 2.45) is 0 Å². The van der Waals surface area contributed by atoms with Gasteiger partial charge in [-0.3, -0.25) is 4.79 Å². The molecule has 2 aromatic heterocycles. The lowest BCUT2D eigenvalue weighted by molar-refractivity contribution is 0.326. The summed E-state index contributed by atoms with van der Waals surface area (Å²) in [6.07, 6.45) is 2.05. The highest BCUT2D eigenvalue weighted by Crippen LogP contribution is 2.32. The molecule has 17 heavy (non-hydrogen) atoms. The molecule has 0 aliphatic carbocycles. The van der Waals surface area contributed by atoms with Crippen molar-refractivity contribution in [3.63, 3.8) is 0 Å². The van der Waals surface area contributed by atoms with Crippen LogP contribution in [0.1, 0.15) is 24.5 Å². The quantitative estimate of drug-likeness (QED) is 0.858. The Morgan fingerprint density at radius 3 is 2.88 bits per heavy atom. The highest BCUT2D eigenvalue weighted by atomic mass is 32.1. The molecular weight excluding hydrogens is 236 g/mol. The van der Waals surface area contributed by atoms with Crippen LogP contribution < -0.4 is 10.9 Å². The van der Waals surface area contributed by atoms with E-state index in [9.17, 15) is 4.79 Å². The summed E-state index contributed by atoms with van der Waals surface area (Å²) in [7, 11) is 0. The molecule has 2 aromatic rings. The third-order valence-corrected chi connectivity index (χ3v) is 3.93. The van der Waals surface area contributed by atoms with Crippen LogP contribution in [0.15, 0.2) is 26.1 Å². The summed E-state index contributed by atoms with van der Waals surface area (Å²) in [5, 5.41) is 9.76. The average molecular weight is 250 g/mol. The number of aromatic amines is 1. The smallest absolute Gasteiger partial charge is 0.288 e. The minimum absolute atomic E-state index is 0.114. The molecule has 0 amide bonds. The first kappa shape index (κ1) is 10.8. The largest absolute Gasteiger partial charge is 0.383 e. The molecule has 0 unspecified atom stereocenters. The summed E-state index contributed by atoms with van der Waals surface area (Å²) in [5.41, 5.74) is 1.58. The molecule has 1 aliphatic heterocycles. The summed E-state index contributed by atoms with van der Waals surface area (Å²) in [6, 6.07) is 1.97. The summed E-state index contributed by atoms with van der Waals surface area (Å²) < 4.78 is 5.40. The van der Waals surface area contributed by atoms with Crippen LogP contribution in [0.25, 0.3) is 11.1 Å². The number of hydrogen-bond donors (Lipinski definition) is 2. The Morgan fingerprint density at radius 2 is 2.18 bits per heavy atom. The van der Waals surface area contributed by atoms with Crippen LogP contribution in [0.5, 0.6) is 0 Å². The molecule has 5 heteroatoms. The van der Waals surface area contributed by atoms with Crippen molar-refractivity contribution in [1.82, 2.24) is 10.5 Å². The Kier molecular flexibility index (Phi) is 2.86. The number of piperidine rings is 1. The van der Waals surface area contributed by atoms with Crippen molar-refractivity contribution < 1.29 is 4.52 Å². The van der Waals surface area contributed by atoms with Crippen molar-refractivity contribution in [1.29, 1.82) is 0 Å². The second kappa shape index (κ2) is 4.50. The monoisotopic (exact) mass is 250 g/mol. The predicted octanol–water partition coefficient (Wildman–Crippen LogP) is 2.16. The third-order valence-electron chi connectivity index (χ3n) is 3.25. The van der Waals surface area contributed by atoms with Crippen LogP contribution in [-0.4, -0.2) is 18.2 Å². The Bertz CT molecular complexity index is 535. The fourth-order valence-corrected chi connectivity index (χ4v) is 3.01. The van der Waals surface area contributed by atoms with Crippen LogP contribution in [-0.2, 0) is 0 Å². The molecule has 4 nitrogen and oxygen atoms in total. The van der Waals surface area contributed by atoms with E-state index in [1.54, 1.807) is 11.3 Å². The lowest BCUT2D eigenvalue weighted by Crippen LogP contribution is -2.26. The first-order valence-electron chi connectivity index (χ1n) is 5.81. The number of thiophene rings is 1. The Balaban J connectivity index is 2.03. The van der Waals surface area contributed by atoms with Crippen LogP contribution in [0.3, 0.4) is 0 Å². The maximum atomic E-state index is 11.8. The van der Waals surface area contributed by atoms with E-state index in [0.29, 0.717) is 5.92 Å². The molecule has 0 bridgehead atoms. The van der Waals surface area contributed by atoms with Gasteiger partial charge < -0.3 is 9.84 Å². The summed E-state index contributed by atoms with van der Waals surface area (Å²) in [6.45, 7) is 1.98. The molecule has 3 rings (SSSR count). The molecule has 0 aromatic carbocycles. The Morgan fingerprint density at radius 1 is 1.35 bits per heavy atom. The fourth-order valence-electron chi connectivity index (χ4n) is 2.37. The summed E-state index contributed by atoms with van der Waals surface area (Å²) >= 11 is 1.60. The Hall–Kier alpha value is -1.33. The van der Waals surface area contributed by atoms with Gasteiger partial charge in [-0.25, -0.2) is 0 Å². The predicted molar refractivity (Wildman–Crippen MR) is 67.5 cm³/mol. The minimum atomic E-state index is -0.114. The molecular formula is C12H14N2O2S. The van der Waals surface area contributed by atoms with E-state index < -0.39 is 0 Å². The standard InChI is InChI=1S/C12H14N2O2S/c15-12-10(9-3-6-17-7-9)11(16-14-12)8-1-4-13-5-2-8/h3,6-8,13H,1-2,4-5H2,(H,14,15). The molecule has 1 saturated heterocycles. The van der Waals surface area contributed by atoms with Crippen molar-refractivity contribution >= 4 is 11.3 Å². The van der Waals surface area contributed by atoms with Crippen molar-refractivity contribution in [2.45, 2.75) is 18.8 Å². The zero-order valence-corrected chi connectivity index (χ0v) is 10.2. The van der Waals surface area contributed by atoms with Gasteiger partial charge >= 0.3 is 0 Å².